The first-order valence-corrected chi connectivity index (χ1v) is 7.73. The van der Waals surface area contributed by atoms with Crippen LogP contribution in [0.1, 0.15) is 11.1 Å². The molecule has 0 bridgehead atoms. The maximum atomic E-state index is 12.0. The lowest BCUT2D eigenvalue weighted by Crippen LogP contribution is -2.27. The number of fused-ring (bicyclic) bond motifs is 1. The van der Waals surface area contributed by atoms with Crippen molar-refractivity contribution in [3.8, 4) is 5.75 Å². The average molecular weight is 305 g/mol. The molecule has 0 aliphatic rings. The highest BCUT2D eigenvalue weighted by molar-refractivity contribution is 5.87. The smallest absolute Gasteiger partial charge is 0.224 e. The van der Waals surface area contributed by atoms with E-state index in [1.165, 1.54) is 0 Å². The number of aromatic hydroxyl groups is 1. The zero-order valence-corrected chi connectivity index (χ0v) is 12.8. The minimum absolute atomic E-state index is 0.0271. The van der Waals surface area contributed by atoms with E-state index in [1.807, 2.05) is 54.6 Å². The maximum absolute atomic E-state index is 12.0. The number of nitrogens with one attached hydrogen (secondary N) is 1. The van der Waals surface area contributed by atoms with Crippen LogP contribution in [0.3, 0.4) is 0 Å². The van der Waals surface area contributed by atoms with Crippen molar-refractivity contribution < 1.29 is 9.90 Å². The fourth-order valence-electron chi connectivity index (χ4n) is 2.72. The second-order valence-electron chi connectivity index (χ2n) is 5.58. The molecule has 1 amide bonds. The van der Waals surface area contributed by atoms with Gasteiger partial charge >= 0.3 is 0 Å². The summed E-state index contributed by atoms with van der Waals surface area (Å²) in [6, 6.07) is 21.1. The van der Waals surface area contributed by atoms with Gasteiger partial charge in [-0.05, 0) is 40.5 Å². The Bertz CT molecular complexity index is 812. The normalized spacial score (nSPS) is 10.6. The summed E-state index contributed by atoms with van der Waals surface area (Å²) in [6.07, 6.45) is 1.14. The zero-order chi connectivity index (χ0) is 16.1. The van der Waals surface area contributed by atoms with E-state index >= 15 is 0 Å². The summed E-state index contributed by atoms with van der Waals surface area (Å²) >= 11 is 0. The number of hydrogen-bond donors (Lipinski definition) is 2. The van der Waals surface area contributed by atoms with Crippen molar-refractivity contribution in [2.24, 2.45) is 0 Å². The molecule has 0 saturated heterocycles. The molecule has 3 heteroatoms. The van der Waals surface area contributed by atoms with Crippen molar-refractivity contribution in [2.45, 2.75) is 12.8 Å². The van der Waals surface area contributed by atoms with E-state index in [4.69, 9.17) is 0 Å². The third kappa shape index (κ3) is 3.89. The fraction of sp³-hybridized carbons (Fsp3) is 0.150. The second-order valence-corrected chi connectivity index (χ2v) is 5.58. The van der Waals surface area contributed by atoms with Crippen LogP contribution in [0.4, 0.5) is 0 Å². The molecule has 23 heavy (non-hydrogen) atoms. The van der Waals surface area contributed by atoms with Gasteiger partial charge < -0.3 is 10.4 Å². The molecule has 0 saturated carbocycles. The molecular formula is C20H19NO2. The Balaban J connectivity index is 1.60. The lowest BCUT2D eigenvalue weighted by Gasteiger charge is -2.09. The van der Waals surface area contributed by atoms with Crippen LogP contribution in [0.25, 0.3) is 10.8 Å². The third-order valence-electron chi connectivity index (χ3n) is 3.88. The van der Waals surface area contributed by atoms with Crippen molar-refractivity contribution in [3.63, 3.8) is 0 Å². The zero-order valence-electron chi connectivity index (χ0n) is 12.8. The van der Waals surface area contributed by atoms with Crippen molar-refractivity contribution in [3.05, 3.63) is 77.9 Å². The number of rotatable bonds is 5. The number of carbonyl (C=O) groups excluding carboxylic acids is 1. The second kappa shape index (κ2) is 6.97. The Morgan fingerprint density at radius 1 is 0.957 bits per heavy atom. The van der Waals surface area contributed by atoms with E-state index in [0.717, 1.165) is 28.3 Å². The molecule has 3 aromatic carbocycles. The lowest BCUT2D eigenvalue weighted by atomic mass is 10.0. The standard InChI is InChI=1S/C20H19NO2/c22-18-10-9-16-7-4-8-17(19(16)14-18)11-12-21-20(23)13-15-5-2-1-3-6-15/h1-10,14,22H,11-13H2,(H,21,23). The van der Waals surface area contributed by atoms with Gasteiger partial charge in [0.2, 0.25) is 5.91 Å². The summed E-state index contributed by atoms with van der Waals surface area (Å²) in [5, 5.41) is 14.7. The maximum Gasteiger partial charge on any atom is 0.224 e. The Kier molecular flexibility index (Phi) is 4.57. The molecule has 2 N–H and O–H groups in total. The Labute approximate surface area is 135 Å². The Morgan fingerprint density at radius 2 is 1.78 bits per heavy atom. The molecule has 116 valence electrons. The summed E-state index contributed by atoms with van der Waals surface area (Å²) in [5.74, 6) is 0.289. The fourth-order valence-corrected chi connectivity index (χ4v) is 2.72. The van der Waals surface area contributed by atoms with Crippen molar-refractivity contribution in [1.82, 2.24) is 5.32 Å². The Morgan fingerprint density at radius 3 is 2.61 bits per heavy atom. The van der Waals surface area contributed by atoms with Crippen LogP contribution in [0.5, 0.6) is 5.75 Å². The molecule has 3 rings (SSSR count). The van der Waals surface area contributed by atoms with Gasteiger partial charge in [-0.2, -0.15) is 0 Å². The van der Waals surface area contributed by atoms with Crippen molar-refractivity contribution in [2.75, 3.05) is 6.54 Å². The van der Waals surface area contributed by atoms with E-state index in [0.29, 0.717) is 13.0 Å². The van der Waals surface area contributed by atoms with Gasteiger partial charge in [-0.15, -0.1) is 0 Å². The quantitative estimate of drug-likeness (QED) is 0.758. The topological polar surface area (TPSA) is 49.3 Å². The van der Waals surface area contributed by atoms with Gasteiger partial charge in [0.1, 0.15) is 5.75 Å². The molecule has 0 aromatic heterocycles. The van der Waals surface area contributed by atoms with Crippen molar-refractivity contribution in [1.29, 1.82) is 0 Å². The number of phenolic OH excluding ortho intramolecular Hbond substituents is 1. The van der Waals surface area contributed by atoms with Gasteiger partial charge in [-0.25, -0.2) is 0 Å². The van der Waals surface area contributed by atoms with Gasteiger partial charge in [0, 0.05) is 6.54 Å². The van der Waals surface area contributed by atoms with Crippen LogP contribution < -0.4 is 5.32 Å². The molecule has 0 aliphatic heterocycles. The van der Waals surface area contributed by atoms with Crippen LogP contribution in [-0.4, -0.2) is 17.6 Å². The third-order valence-corrected chi connectivity index (χ3v) is 3.88. The largest absolute Gasteiger partial charge is 0.508 e. The van der Waals surface area contributed by atoms with Gasteiger partial charge in [-0.3, -0.25) is 4.79 Å². The van der Waals surface area contributed by atoms with E-state index in [1.54, 1.807) is 12.1 Å². The van der Waals surface area contributed by atoms with Crippen LogP contribution in [0.15, 0.2) is 66.7 Å². The molecule has 0 fully saturated rings. The molecule has 0 atom stereocenters. The summed E-state index contributed by atoms with van der Waals surface area (Å²) < 4.78 is 0. The predicted molar refractivity (Wildman–Crippen MR) is 92.5 cm³/mol. The summed E-state index contributed by atoms with van der Waals surface area (Å²) in [4.78, 5) is 12.0. The Hall–Kier alpha value is -2.81. The number of hydrogen-bond acceptors (Lipinski definition) is 2. The first-order valence-electron chi connectivity index (χ1n) is 7.73. The minimum Gasteiger partial charge on any atom is -0.508 e. The highest BCUT2D eigenvalue weighted by Gasteiger charge is 2.05. The monoisotopic (exact) mass is 305 g/mol. The number of benzene rings is 3. The first-order chi connectivity index (χ1) is 11.2. The first kappa shape index (κ1) is 15.1. The molecule has 3 nitrogen and oxygen atoms in total. The van der Waals surface area contributed by atoms with Crippen molar-refractivity contribution >= 4 is 16.7 Å². The molecule has 0 spiro atoms. The van der Waals surface area contributed by atoms with Gasteiger partial charge in [0.25, 0.3) is 0 Å². The lowest BCUT2D eigenvalue weighted by molar-refractivity contribution is -0.120. The van der Waals surface area contributed by atoms with E-state index in [-0.39, 0.29) is 11.7 Å². The highest BCUT2D eigenvalue weighted by atomic mass is 16.3. The van der Waals surface area contributed by atoms with Gasteiger partial charge in [-0.1, -0.05) is 54.6 Å². The molecule has 0 aliphatic carbocycles. The average Bonchev–Trinajstić information content (AvgIpc) is 2.56. The van der Waals surface area contributed by atoms with Crippen LogP contribution in [0.2, 0.25) is 0 Å². The van der Waals surface area contributed by atoms with Crippen LogP contribution in [-0.2, 0) is 17.6 Å². The van der Waals surface area contributed by atoms with E-state index in [2.05, 4.69) is 5.32 Å². The molecular weight excluding hydrogens is 286 g/mol. The summed E-state index contributed by atoms with van der Waals surface area (Å²) in [6.45, 7) is 0.584. The SMILES string of the molecule is O=C(Cc1ccccc1)NCCc1cccc2ccc(O)cc12. The molecule has 0 heterocycles. The number of amides is 1. The predicted octanol–water partition coefficient (Wildman–Crippen LogP) is 3.45. The minimum atomic E-state index is 0.0271. The number of carbonyl (C=O) groups is 1. The van der Waals surface area contributed by atoms with Crippen LogP contribution >= 0.6 is 0 Å². The van der Waals surface area contributed by atoms with Gasteiger partial charge in [0.05, 0.1) is 6.42 Å². The summed E-state index contributed by atoms with van der Waals surface area (Å²) in [7, 11) is 0. The number of phenols is 1. The molecule has 0 radical (unpaired) electrons. The highest BCUT2D eigenvalue weighted by Crippen LogP contribution is 2.23. The molecule has 0 unspecified atom stereocenters. The van der Waals surface area contributed by atoms with Crippen LogP contribution in [0, 0.1) is 0 Å². The van der Waals surface area contributed by atoms with E-state index in [9.17, 15) is 9.90 Å². The van der Waals surface area contributed by atoms with E-state index < -0.39 is 0 Å². The molecule has 3 aromatic rings. The van der Waals surface area contributed by atoms with Gasteiger partial charge in [0.15, 0.2) is 0 Å². The summed E-state index contributed by atoms with van der Waals surface area (Å²) in [5.41, 5.74) is 2.14.